The SMILES string of the molecule is Cc1nnc(Sc2cc3c(cc2N)CCC(=O)N3)o1. The van der Waals surface area contributed by atoms with E-state index in [4.69, 9.17) is 10.2 Å². The van der Waals surface area contributed by atoms with Crippen LogP contribution >= 0.6 is 11.8 Å². The van der Waals surface area contributed by atoms with Gasteiger partial charge >= 0.3 is 0 Å². The van der Waals surface area contributed by atoms with Gasteiger partial charge in [-0.05, 0) is 35.9 Å². The number of nitrogens with zero attached hydrogens (tertiary/aromatic N) is 2. The number of carbonyl (C=O) groups excluding carboxylic acids is 1. The summed E-state index contributed by atoms with van der Waals surface area (Å²) in [6.07, 6.45) is 1.22. The van der Waals surface area contributed by atoms with Crippen molar-refractivity contribution in [2.75, 3.05) is 11.1 Å². The molecule has 1 amide bonds. The molecule has 3 N–H and O–H groups in total. The summed E-state index contributed by atoms with van der Waals surface area (Å²) >= 11 is 1.29. The molecule has 0 aliphatic carbocycles. The summed E-state index contributed by atoms with van der Waals surface area (Å²) in [6, 6.07) is 3.74. The van der Waals surface area contributed by atoms with Crippen molar-refractivity contribution in [3.05, 3.63) is 23.6 Å². The lowest BCUT2D eigenvalue weighted by Crippen LogP contribution is -2.19. The van der Waals surface area contributed by atoms with Crippen molar-refractivity contribution in [1.82, 2.24) is 10.2 Å². The second-order valence-corrected chi connectivity index (χ2v) is 5.28. The van der Waals surface area contributed by atoms with E-state index in [1.54, 1.807) is 6.92 Å². The average molecular weight is 276 g/mol. The lowest BCUT2D eigenvalue weighted by atomic mass is 10.0. The number of fused-ring (bicyclic) bond motifs is 1. The van der Waals surface area contributed by atoms with Crippen molar-refractivity contribution in [1.29, 1.82) is 0 Å². The average Bonchev–Trinajstić information content (AvgIpc) is 2.76. The van der Waals surface area contributed by atoms with E-state index in [2.05, 4.69) is 15.5 Å². The molecular weight excluding hydrogens is 264 g/mol. The fraction of sp³-hybridized carbons (Fsp3) is 0.250. The van der Waals surface area contributed by atoms with Gasteiger partial charge in [0.15, 0.2) is 0 Å². The number of aryl methyl sites for hydroxylation is 2. The van der Waals surface area contributed by atoms with E-state index in [1.807, 2.05) is 12.1 Å². The predicted octanol–water partition coefficient (Wildman–Crippen LogP) is 2.00. The third-order valence-corrected chi connectivity index (χ3v) is 3.75. The van der Waals surface area contributed by atoms with E-state index in [1.165, 1.54) is 11.8 Å². The second kappa shape index (κ2) is 4.58. The highest BCUT2D eigenvalue weighted by Gasteiger charge is 2.18. The van der Waals surface area contributed by atoms with Gasteiger partial charge in [0.1, 0.15) is 0 Å². The first kappa shape index (κ1) is 12.0. The Labute approximate surface area is 113 Å². The summed E-state index contributed by atoms with van der Waals surface area (Å²) in [7, 11) is 0. The topological polar surface area (TPSA) is 94.0 Å². The van der Waals surface area contributed by atoms with Crippen LogP contribution in [-0.2, 0) is 11.2 Å². The molecular formula is C12H12N4O2S. The van der Waals surface area contributed by atoms with E-state index in [0.29, 0.717) is 23.2 Å². The maximum atomic E-state index is 11.4. The lowest BCUT2D eigenvalue weighted by molar-refractivity contribution is -0.116. The fourth-order valence-electron chi connectivity index (χ4n) is 1.93. The summed E-state index contributed by atoms with van der Waals surface area (Å²) < 4.78 is 5.31. The number of benzene rings is 1. The van der Waals surface area contributed by atoms with Crippen LogP contribution in [0.3, 0.4) is 0 Å². The summed E-state index contributed by atoms with van der Waals surface area (Å²) in [6.45, 7) is 1.73. The van der Waals surface area contributed by atoms with Crippen LogP contribution < -0.4 is 11.1 Å². The van der Waals surface area contributed by atoms with Gasteiger partial charge in [0, 0.05) is 29.6 Å². The van der Waals surface area contributed by atoms with Crippen LogP contribution in [0.1, 0.15) is 17.9 Å². The minimum Gasteiger partial charge on any atom is -0.416 e. The summed E-state index contributed by atoms with van der Waals surface area (Å²) in [4.78, 5) is 12.2. The quantitative estimate of drug-likeness (QED) is 0.815. The molecule has 6 nitrogen and oxygen atoms in total. The molecule has 19 heavy (non-hydrogen) atoms. The number of hydrogen-bond donors (Lipinski definition) is 2. The zero-order valence-electron chi connectivity index (χ0n) is 10.3. The van der Waals surface area contributed by atoms with Crippen molar-refractivity contribution in [3.8, 4) is 0 Å². The molecule has 1 aliphatic heterocycles. The monoisotopic (exact) mass is 276 g/mol. The summed E-state index contributed by atoms with van der Waals surface area (Å²) in [5.74, 6) is 0.536. The van der Waals surface area contributed by atoms with Gasteiger partial charge in [0.05, 0.1) is 0 Å². The highest BCUT2D eigenvalue weighted by Crippen LogP contribution is 2.36. The summed E-state index contributed by atoms with van der Waals surface area (Å²) in [5, 5.41) is 11.0. The molecule has 1 aromatic carbocycles. The van der Waals surface area contributed by atoms with Gasteiger partial charge in [-0.25, -0.2) is 0 Å². The molecule has 0 saturated carbocycles. The molecule has 0 atom stereocenters. The van der Waals surface area contributed by atoms with Crippen LogP contribution in [0.25, 0.3) is 0 Å². The molecule has 1 aromatic heterocycles. The Bertz CT molecular complexity index is 653. The number of anilines is 2. The highest BCUT2D eigenvalue weighted by atomic mass is 32.2. The molecule has 0 bridgehead atoms. The molecule has 0 spiro atoms. The van der Waals surface area contributed by atoms with Gasteiger partial charge in [-0.1, -0.05) is 0 Å². The normalized spacial score (nSPS) is 14.1. The van der Waals surface area contributed by atoms with Crippen LogP contribution in [0.5, 0.6) is 0 Å². The first-order chi connectivity index (χ1) is 9.11. The van der Waals surface area contributed by atoms with Gasteiger partial charge in [-0.15, -0.1) is 10.2 Å². The van der Waals surface area contributed by atoms with Gasteiger partial charge in [0.25, 0.3) is 5.22 Å². The number of nitrogens with two attached hydrogens (primary N) is 1. The van der Waals surface area contributed by atoms with Crippen LogP contribution in [0.4, 0.5) is 11.4 Å². The van der Waals surface area contributed by atoms with E-state index in [-0.39, 0.29) is 5.91 Å². The standard InChI is InChI=1S/C12H12N4O2S/c1-6-15-16-12(18-6)19-10-5-9-7(4-8(10)13)2-3-11(17)14-9/h4-5H,2-3,13H2,1H3,(H,14,17). The highest BCUT2D eigenvalue weighted by molar-refractivity contribution is 7.99. The smallest absolute Gasteiger partial charge is 0.281 e. The molecule has 0 unspecified atom stereocenters. The lowest BCUT2D eigenvalue weighted by Gasteiger charge is -2.18. The Morgan fingerprint density at radius 2 is 2.21 bits per heavy atom. The zero-order valence-corrected chi connectivity index (χ0v) is 11.1. The number of hydrogen-bond acceptors (Lipinski definition) is 6. The van der Waals surface area contributed by atoms with E-state index < -0.39 is 0 Å². The van der Waals surface area contributed by atoms with Crippen LogP contribution in [0, 0.1) is 6.92 Å². The molecule has 2 heterocycles. The molecule has 7 heteroatoms. The van der Waals surface area contributed by atoms with Crippen molar-refractivity contribution < 1.29 is 9.21 Å². The van der Waals surface area contributed by atoms with Crippen LogP contribution in [0.2, 0.25) is 0 Å². The zero-order chi connectivity index (χ0) is 13.4. The maximum absolute atomic E-state index is 11.4. The Hall–Kier alpha value is -2.02. The third-order valence-electron chi connectivity index (χ3n) is 2.84. The van der Waals surface area contributed by atoms with Crippen molar-refractivity contribution in [3.63, 3.8) is 0 Å². The van der Waals surface area contributed by atoms with E-state index >= 15 is 0 Å². The minimum atomic E-state index is 0.0295. The number of rotatable bonds is 2. The molecule has 2 aromatic rings. The number of carbonyl (C=O) groups is 1. The van der Waals surface area contributed by atoms with Gasteiger partial charge in [0.2, 0.25) is 11.8 Å². The number of nitrogen functional groups attached to an aromatic ring is 1. The molecule has 3 rings (SSSR count). The molecule has 0 saturated heterocycles. The van der Waals surface area contributed by atoms with Gasteiger partial charge < -0.3 is 15.5 Å². The van der Waals surface area contributed by atoms with Crippen LogP contribution in [0.15, 0.2) is 26.7 Å². The van der Waals surface area contributed by atoms with Crippen LogP contribution in [-0.4, -0.2) is 16.1 Å². The van der Waals surface area contributed by atoms with Gasteiger partial charge in [-0.3, -0.25) is 4.79 Å². The Kier molecular flexibility index (Phi) is 2.90. The van der Waals surface area contributed by atoms with Crippen molar-refractivity contribution in [2.24, 2.45) is 0 Å². The number of amides is 1. The second-order valence-electron chi connectivity index (χ2n) is 4.28. The molecule has 98 valence electrons. The van der Waals surface area contributed by atoms with Gasteiger partial charge in [-0.2, -0.15) is 0 Å². The van der Waals surface area contributed by atoms with Crippen molar-refractivity contribution in [2.45, 2.75) is 29.9 Å². The molecule has 0 radical (unpaired) electrons. The minimum absolute atomic E-state index is 0.0295. The number of aromatic nitrogens is 2. The predicted molar refractivity (Wildman–Crippen MR) is 71.0 cm³/mol. The first-order valence-corrected chi connectivity index (χ1v) is 6.63. The maximum Gasteiger partial charge on any atom is 0.281 e. The molecule has 0 fully saturated rings. The number of nitrogens with one attached hydrogen (secondary N) is 1. The van der Waals surface area contributed by atoms with Crippen molar-refractivity contribution >= 4 is 29.0 Å². The first-order valence-electron chi connectivity index (χ1n) is 5.82. The Morgan fingerprint density at radius 3 is 2.95 bits per heavy atom. The van der Waals surface area contributed by atoms with E-state index in [0.717, 1.165) is 22.6 Å². The largest absolute Gasteiger partial charge is 0.416 e. The third kappa shape index (κ3) is 2.41. The van der Waals surface area contributed by atoms with E-state index in [9.17, 15) is 4.79 Å². The molecule has 1 aliphatic rings. The summed E-state index contributed by atoms with van der Waals surface area (Å²) in [5.41, 5.74) is 8.53. The fourth-order valence-corrected chi connectivity index (χ4v) is 2.72. The Balaban J connectivity index is 1.93. The Morgan fingerprint density at radius 1 is 1.37 bits per heavy atom.